The Morgan fingerprint density at radius 1 is 1.10 bits per heavy atom. The number of hydrogen-bond donors (Lipinski definition) is 3. The number of hydrogen-bond acceptors (Lipinski definition) is 10. The summed E-state index contributed by atoms with van der Waals surface area (Å²) in [6, 6.07) is 5.44. The van der Waals surface area contributed by atoms with Crippen molar-refractivity contribution in [2.45, 2.75) is 107 Å². The molecule has 0 spiro atoms. The predicted octanol–water partition coefficient (Wildman–Crippen LogP) is 4.26. The van der Waals surface area contributed by atoms with E-state index in [1.807, 2.05) is 50.4 Å². The molecule has 15 heteroatoms. The van der Waals surface area contributed by atoms with Crippen LogP contribution in [0.15, 0.2) is 42.3 Å². The number of aromatic nitrogens is 1. The summed E-state index contributed by atoms with van der Waals surface area (Å²) in [5, 5.41) is 7.69. The molecule has 4 amide bonds. The number of sulfonamides is 1. The van der Waals surface area contributed by atoms with Crippen LogP contribution in [0.1, 0.15) is 83.7 Å². The van der Waals surface area contributed by atoms with Gasteiger partial charge >= 0.3 is 6.09 Å². The van der Waals surface area contributed by atoms with E-state index in [4.69, 9.17) is 14.5 Å². The van der Waals surface area contributed by atoms with Gasteiger partial charge in [-0.2, -0.15) is 0 Å². The van der Waals surface area contributed by atoms with Gasteiger partial charge in [0, 0.05) is 29.3 Å². The van der Waals surface area contributed by atoms with Crippen LogP contribution in [-0.4, -0.2) is 84.7 Å². The van der Waals surface area contributed by atoms with E-state index in [0.717, 1.165) is 42.0 Å². The number of thiazole rings is 1. The summed E-state index contributed by atoms with van der Waals surface area (Å²) in [7, 11) is -2.28. The zero-order valence-corrected chi connectivity index (χ0v) is 31.1. The van der Waals surface area contributed by atoms with Crippen molar-refractivity contribution >= 4 is 45.2 Å². The van der Waals surface area contributed by atoms with E-state index in [-0.39, 0.29) is 31.4 Å². The first-order chi connectivity index (χ1) is 24.1. The highest BCUT2D eigenvalue weighted by atomic mass is 32.2. The van der Waals surface area contributed by atoms with Gasteiger partial charge in [-0.15, -0.1) is 17.9 Å². The third-order valence-electron chi connectivity index (χ3n) is 10.4. The molecule has 4 aliphatic rings. The van der Waals surface area contributed by atoms with Crippen LogP contribution in [0.2, 0.25) is 0 Å². The number of carbonyl (C=O) groups is 4. The summed E-state index contributed by atoms with van der Waals surface area (Å²) < 4.78 is 38.5. The van der Waals surface area contributed by atoms with Crippen molar-refractivity contribution in [2.75, 3.05) is 13.7 Å². The van der Waals surface area contributed by atoms with Crippen LogP contribution >= 0.6 is 11.3 Å². The maximum absolute atomic E-state index is 14.5. The highest BCUT2D eigenvalue weighted by molar-refractivity contribution is 7.91. The minimum Gasteiger partial charge on any atom is -0.497 e. The van der Waals surface area contributed by atoms with Gasteiger partial charge in [0.2, 0.25) is 21.8 Å². The van der Waals surface area contributed by atoms with E-state index < -0.39 is 68.0 Å². The lowest BCUT2D eigenvalue weighted by molar-refractivity contribution is -0.142. The average molecular weight is 742 g/mol. The molecule has 3 N–H and O–H groups in total. The second kappa shape index (κ2) is 14.2. The predicted molar refractivity (Wildman–Crippen MR) is 191 cm³/mol. The van der Waals surface area contributed by atoms with Crippen molar-refractivity contribution in [3.05, 3.63) is 48.0 Å². The molecule has 0 bridgehead atoms. The first-order valence-corrected chi connectivity index (χ1v) is 20.0. The Bertz CT molecular complexity index is 1780. The molecule has 3 saturated carbocycles. The Kier molecular flexibility index (Phi) is 10.3. The number of carbonyl (C=O) groups excluding carboxylic acids is 4. The van der Waals surface area contributed by atoms with Crippen LogP contribution < -0.4 is 20.1 Å². The molecule has 276 valence electrons. The second-order valence-electron chi connectivity index (χ2n) is 15.2. The van der Waals surface area contributed by atoms with Crippen LogP contribution in [0.25, 0.3) is 10.6 Å². The van der Waals surface area contributed by atoms with Gasteiger partial charge in [0.1, 0.15) is 34.5 Å². The first kappa shape index (κ1) is 36.8. The van der Waals surface area contributed by atoms with Crippen LogP contribution in [0.3, 0.4) is 0 Å². The topological polar surface area (TPSA) is 173 Å². The minimum absolute atomic E-state index is 0.134. The van der Waals surface area contributed by atoms with Gasteiger partial charge in [0.05, 0.1) is 18.1 Å². The summed E-state index contributed by atoms with van der Waals surface area (Å²) >= 11 is 1.45. The Hall–Kier alpha value is -3.98. The number of likely N-dealkylation sites (tertiary alicyclic amines) is 1. The fraction of sp³-hybridized carbons (Fsp3) is 0.583. The number of amides is 4. The summed E-state index contributed by atoms with van der Waals surface area (Å²) in [4.78, 5) is 61.7. The minimum atomic E-state index is -3.87. The van der Waals surface area contributed by atoms with Crippen LogP contribution in [0.5, 0.6) is 5.75 Å². The van der Waals surface area contributed by atoms with Crippen molar-refractivity contribution in [2.24, 2.45) is 11.3 Å². The van der Waals surface area contributed by atoms with E-state index in [0.29, 0.717) is 18.5 Å². The van der Waals surface area contributed by atoms with Crippen LogP contribution in [0.4, 0.5) is 4.79 Å². The van der Waals surface area contributed by atoms with Crippen LogP contribution in [-0.2, 0) is 29.1 Å². The fourth-order valence-electron chi connectivity index (χ4n) is 7.03. The van der Waals surface area contributed by atoms with Gasteiger partial charge in [-0.05, 0) is 81.0 Å². The summed E-state index contributed by atoms with van der Waals surface area (Å²) in [5.74, 6) is -1.99. The molecule has 51 heavy (non-hydrogen) atoms. The standard InChI is InChI=1S/C36H47N5O8S2/c1-6-23-18-36(23,33(44)40-51(46,47)26-15-16-26)39-30(42)28-17-22(27-20-50-31(37-27)21-11-13-24(48-5)14-12-21)19-41(28)32(43)29(35(2,3)4)38-34(45)49-25-9-7-8-10-25/h6,11-14,20,22-23,25-26,28-29H,1,7-10,15-19H2,2-5H3,(H,38,45)(H,39,42)(H,40,44)/t22-,23-,28+,29?,36-/m1/s1. The van der Waals surface area contributed by atoms with Gasteiger partial charge in [-0.25, -0.2) is 18.2 Å². The van der Waals surface area contributed by atoms with Gasteiger partial charge in [0.15, 0.2) is 0 Å². The molecule has 4 fully saturated rings. The molecule has 1 aliphatic heterocycles. The van der Waals surface area contributed by atoms with Gasteiger partial charge < -0.3 is 25.0 Å². The molecule has 3 aliphatic carbocycles. The Morgan fingerprint density at radius 2 is 1.78 bits per heavy atom. The second-order valence-corrected chi connectivity index (χ2v) is 18.0. The molecule has 1 saturated heterocycles. The third kappa shape index (κ3) is 7.93. The molecule has 13 nitrogen and oxygen atoms in total. The average Bonchev–Trinajstić information content (AvgIpc) is 3.85. The molecule has 1 unspecified atom stereocenters. The Morgan fingerprint density at radius 3 is 2.37 bits per heavy atom. The number of rotatable bonds is 12. The SMILES string of the molecule is C=C[C@@H]1C[C@]1(NC(=O)[C@@H]1C[C@@H](c2csc(-c3ccc(OC)cc3)n2)CN1C(=O)C(NC(=O)OC1CCCC1)C(C)(C)C)C(=O)NS(=O)(=O)C1CC1. The number of alkyl carbamates (subject to hydrolysis) is 1. The van der Waals surface area contributed by atoms with E-state index in [1.165, 1.54) is 22.3 Å². The summed E-state index contributed by atoms with van der Waals surface area (Å²) in [6.45, 7) is 9.40. The molecular weight excluding hydrogens is 695 g/mol. The smallest absolute Gasteiger partial charge is 0.408 e. The van der Waals surface area contributed by atoms with Gasteiger partial charge in [-0.1, -0.05) is 26.8 Å². The molecule has 1 aromatic heterocycles. The third-order valence-corrected chi connectivity index (χ3v) is 13.1. The Labute approximate surface area is 303 Å². The van der Waals surface area contributed by atoms with Crippen molar-refractivity contribution < 1.29 is 37.1 Å². The zero-order chi connectivity index (χ0) is 36.7. The lowest BCUT2D eigenvalue weighted by atomic mass is 9.85. The molecule has 6 rings (SSSR count). The van der Waals surface area contributed by atoms with E-state index in [9.17, 15) is 27.6 Å². The highest BCUT2D eigenvalue weighted by Crippen LogP contribution is 2.46. The highest BCUT2D eigenvalue weighted by Gasteiger charge is 2.62. The van der Waals surface area contributed by atoms with Gasteiger partial charge in [-0.3, -0.25) is 19.1 Å². The quantitative estimate of drug-likeness (QED) is 0.269. The number of nitrogens with zero attached hydrogens (tertiary/aromatic N) is 2. The molecule has 2 heterocycles. The maximum atomic E-state index is 14.5. The number of benzene rings is 1. The molecule has 0 radical (unpaired) electrons. The van der Waals surface area contributed by atoms with E-state index in [1.54, 1.807) is 7.11 Å². The lowest BCUT2D eigenvalue weighted by Crippen LogP contribution is -2.60. The zero-order valence-electron chi connectivity index (χ0n) is 29.5. The fourth-order valence-corrected chi connectivity index (χ4v) is 9.30. The van der Waals surface area contributed by atoms with Gasteiger partial charge in [0.25, 0.3) is 5.91 Å². The number of methoxy groups -OCH3 is 1. The molecular formula is C36H47N5O8S2. The molecule has 2 aromatic rings. The number of nitrogens with one attached hydrogen (secondary N) is 3. The van der Waals surface area contributed by atoms with Crippen molar-refractivity contribution in [3.8, 4) is 16.3 Å². The summed E-state index contributed by atoms with van der Waals surface area (Å²) in [5.41, 5.74) is -0.667. The maximum Gasteiger partial charge on any atom is 0.408 e. The van der Waals surface area contributed by atoms with Crippen molar-refractivity contribution in [1.82, 2.24) is 25.2 Å². The van der Waals surface area contributed by atoms with E-state index >= 15 is 0 Å². The molecule has 1 aromatic carbocycles. The number of ether oxygens (including phenoxy) is 2. The largest absolute Gasteiger partial charge is 0.497 e. The Balaban J connectivity index is 1.26. The monoisotopic (exact) mass is 741 g/mol. The lowest BCUT2D eigenvalue weighted by Gasteiger charge is -2.35. The van der Waals surface area contributed by atoms with E-state index in [2.05, 4.69) is 21.9 Å². The van der Waals surface area contributed by atoms with Crippen LogP contribution in [0, 0.1) is 11.3 Å². The first-order valence-electron chi connectivity index (χ1n) is 17.5. The van der Waals surface area contributed by atoms with Crippen molar-refractivity contribution in [1.29, 1.82) is 0 Å². The normalized spacial score (nSPS) is 25.5. The van der Waals surface area contributed by atoms with Crippen molar-refractivity contribution in [3.63, 3.8) is 0 Å². The summed E-state index contributed by atoms with van der Waals surface area (Å²) in [6.07, 6.45) is 5.44. The molecule has 5 atom stereocenters.